The molecule has 0 spiro atoms. The van der Waals surface area contributed by atoms with E-state index in [0.29, 0.717) is 78.5 Å². The molecule has 32 nitrogen and oxygen atoms in total. The Morgan fingerprint density at radius 1 is 0.583 bits per heavy atom. The van der Waals surface area contributed by atoms with Gasteiger partial charge in [0, 0.05) is 129 Å². The van der Waals surface area contributed by atoms with Gasteiger partial charge in [-0.1, -0.05) is 56.1 Å². The van der Waals surface area contributed by atoms with Gasteiger partial charge in [0.25, 0.3) is 17.7 Å². The maximum absolute atomic E-state index is 12.2. The molecule has 3 unspecified atom stereocenters. The van der Waals surface area contributed by atoms with E-state index in [1.807, 2.05) is 0 Å². The van der Waals surface area contributed by atoms with Crippen LogP contribution in [0.25, 0.3) is 24.3 Å². The molecule has 5 aromatic heterocycles. The van der Waals surface area contributed by atoms with Crippen molar-refractivity contribution >= 4 is 149 Å². The second kappa shape index (κ2) is 56.8. The first kappa shape index (κ1) is 105. The smallest absolute Gasteiger partial charge is 0.341 e. The first-order valence-electron chi connectivity index (χ1n) is 35.9. The number of piperidine rings is 2. The standard InChI is InChI=1S/C13H12ClN3O2.C13H16N2O3.C10H12N2O2.C8H8N2O2.C8H17O4P.C6H10ClNO.C5H6ClNO.C5H9ClO.C5H4N2O.C5H9NO/c1-9(8-11-15-5-3-6-16-11)12(18)17-7-2-4-10(14)13(17)19;1-9(8-10-14-6-5-7-15-10)11(16)18-12(17)13(2,3)4;1-3-14-10(13)8(2)7-9-11-5-4-6-12-9;1-6(8(11)12)5-7-9-3-2-4-10-7;1-5-11-8(9)7(3)13(4,10)12-6-2;1-6(7)3-2-4-8-5(6)9;6-4-2-1-3-7-5(4)8;1-5(2,3)4(6)7;8-4-5-6-2-1-3-7-5;7-5-3-1-2-4-6-5/h3-6,8H,2,7H2,1H3;5-8H,1-4H3;4-7H,3H2,1-2H3;2-5H,1H3,(H,11,12);7H,5-6H2,1-4H3;2-4H2,1H3,(H,8,9);2H,1,3H2,(H,7,8);1-3H3;1-4H;1-4H2,(H,6,7)/b2*9-8+;8-7+;6-5+;;;;;;. The lowest BCUT2D eigenvalue weighted by Gasteiger charge is -2.25. The lowest BCUT2D eigenvalue weighted by molar-refractivity contribution is -0.163. The van der Waals surface area contributed by atoms with Crippen LogP contribution in [0.5, 0.6) is 0 Å². The molecule has 4 N–H and O–H groups in total. The highest BCUT2D eigenvalue weighted by atomic mass is 35.5. The molecule has 115 heavy (non-hydrogen) atoms. The number of nitrogens with zero attached hydrogens (tertiary/aromatic N) is 11. The number of rotatable bonds is 15. The minimum atomic E-state index is -2.84. The fourth-order valence-electron chi connectivity index (χ4n) is 7.57. The highest BCUT2D eigenvalue weighted by molar-refractivity contribution is 7.59. The highest BCUT2D eigenvalue weighted by Gasteiger charge is 2.34. The van der Waals surface area contributed by atoms with Crippen LogP contribution in [0, 0.1) is 10.8 Å². The van der Waals surface area contributed by atoms with Crippen LogP contribution in [-0.2, 0) is 76.0 Å². The zero-order valence-corrected chi connectivity index (χ0v) is 71.4. The lowest BCUT2D eigenvalue weighted by atomic mass is 9.97. The molecule has 9 rings (SSSR count). The molecule has 0 bridgehead atoms. The van der Waals surface area contributed by atoms with Gasteiger partial charge in [0.15, 0.2) is 35.4 Å². The van der Waals surface area contributed by atoms with Crippen LogP contribution in [-0.4, -0.2) is 194 Å². The minimum Gasteiger partial charge on any atom is -0.478 e. The van der Waals surface area contributed by atoms with E-state index in [1.165, 1.54) is 38.1 Å². The number of hydrogen-bond acceptors (Lipinski definition) is 27. The Bertz CT molecular complexity index is 4180. The number of carboxylic acid groups (broad SMARTS) is 1. The summed E-state index contributed by atoms with van der Waals surface area (Å²) in [4.78, 5) is 171. The highest BCUT2D eigenvalue weighted by Crippen LogP contribution is 2.48. The molecule has 0 aliphatic carbocycles. The molecule has 4 aliphatic rings. The van der Waals surface area contributed by atoms with Gasteiger partial charge < -0.3 is 39.8 Å². The van der Waals surface area contributed by atoms with Crippen molar-refractivity contribution in [2.75, 3.05) is 52.7 Å². The Hall–Kier alpha value is -10.4. The van der Waals surface area contributed by atoms with Crippen LogP contribution in [0.2, 0.25) is 0 Å². The summed E-state index contributed by atoms with van der Waals surface area (Å²) in [6.45, 7) is 30.5. The molecule has 0 saturated carbocycles. The number of amides is 5. The van der Waals surface area contributed by atoms with Gasteiger partial charge in [-0.15, -0.1) is 11.6 Å². The topological polar surface area (TPSA) is 447 Å². The van der Waals surface area contributed by atoms with E-state index in [0.717, 1.165) is 63.1 Å². The van der Waals surface area contributed by atoms with Crippen molar-refractivity contribution in [3.8, 4) is 0 Å². The number of carbonyl (C=O) groups is 12. The maximum atomic E-state index is 12.2. The van der Waals surface area contributed by atoms with Crippen LogP contribution in [0.3, 0.4) is 0 Å². The first-order valence-corrected chi connectivity index (χ1v) is 39.5. The van der Waals surface area contributed by atoms with E-state index in [-0.39, 0.29) is 62.3 Å². The normalized spacial score (nSPS) is 15.9. The molecule has 3 atom stereocenters. The summed E-state index contributed by atoms with van der Waals surface area (Å²) in [5.41, 5.74) is -0.364. The summed E-state index contributed by atoms with van der Waals surface area (Å²) in [6.07, 6.45) is 31.9. The Balaban J connectivity index is 0.00000128. The molecule has 626 valence electrons. The van der Waals surface area contributed by atoms with Gasteiger partial charge in [-0.25, -0.2) is 64.2 Å². The molecular weight excluding hydrogens is 1590 g/mol. The number of alkyl halides is 1. The van der Waals surface area contributed by atoms with Gasteiger partial charge in [-0.3, -0.25) is 52.6 Å². The van der Waals surface area contributed by atoms with Crippen molar-refractivity contribution in [1.29, 1.82) is 0 Å². The molecule has 2 saturated heterocycles. The van der Waals surface area contributed by atoms with Gasteiger partial charge in [-0.2, -0.15) is 0 Å². The maximum Gasteiger partial charge on any atom is 0.341 e. The fourth-order valence-corrected chi connectivity index (χ4v) is 9.35. The Labute approximate surface area is 690 Å². The zero-order valence-electron chi connectivity index (χ0n) is 67.4. The van der Waals surface area contributed by atoms with Gasteiger partial charge in [0.05, 0.1) is 25.2 Å². The number of ether oxygens (including phenoxy) is 3. The van der Waals surface area contributed by atoms with Crippen molar-refractivity contribution in [1.82, 2.24) is 70.7 Å². The van der Waals surface area contributed by atoms with Crippen LogP contribution >= 0.6 is 53.8 Å². The third-order valence-corrected chi connectivity index (χ3v) is 18.1. The van der Waals surface area contributed by atoms with E-state index < -0.39 is 53.1 Å². The monoisotopic (exact) mass is 1690 g/mol. The third-order valence-electron chi connectivity index (χ3n) is 14.2. The van der Waals surface area contributed by atoms with E-state index >= 15 is 0 Å². The Kier molecular flexibility index (Phi) is 51.7. The van der Waals surface area contributed by atoms with Crippen molar-refractivity contribution in [2.24, 2.45) is 10.8 Å². The zero-order chi connectivity index (χ0) is 87.3. The molecule has 37 heteroatoms. The van der Waals surface area contributed by atoms with Crippen molar-refractivity contribution < 1.29 is 85.9 Å². The summed E-state index contributed by atoms with van der Waals surface area (Å²) in [5.74, 6) is -1.80. The van der Waals surface area contributed by atoms with Gasteiger partial charge >= 0.3 is 29.8 Å². The molecule has 2 fully saturated rings. The molecule has 5 aromatic rings. The van der Waals surface area contributed by atoms with E-state index in [2.05, 4.69) is 65.8 Å². The number of carbonyl (C=O) groups excluding carboxylic acids is 11. The molecule has 0 radical (unpaired) electrons. The largest absolute Gasteiger partial charge is 0.478 e. The molecule has 5 amide bonds. The average Bonchev–Trinajstić information content (AvgIpc) is 0.832. The van der Waals surface area contributed by atoms with E-state index in [1.54, 1.807) is 201 Å². The number of carboxylic acids is 1. The SMILES string of the molecule is C/C(=C\c1ncccn1)C(=O)N1CCC=C(Cl)C1=O.C/C(=C\c1ncccn1)C(=O)O.C/C(=C\c1ncccn1)C(=O)OC(=O)C(C)(C)C.CC(C)(C)C(=O)Cl.CC1(Cl)CCCNC1=O.CCOC(=O)/C(C)=C/c1ncccn1.CCOC(=O)C(C)P(C)(=O)OCC.O=C1CCCCN1.O=C1NCCC=C1Cl.O=Cc1ncccn1. The fraction of sp³-hybridized carbons (Fsp3) is 0.436. The van der Waals surface area contributed by atoms with Crippen LogP contribution in [0.4, 0.5) is 0 Å². The van der Waals surface area contributed by atoms with Crippen molar-refractivity contribution in [2.45, 2.75) is 159 Å². The van der Waals surface area contributed by atoms with Crippen LogP contribution in [0.1, 0.15) is 183 Å². The lowest BCUT2D eigenvalue weighted by Crippen LogP contribution is -2.45. The number of imide groups is 1. The minimum absolute atomic E-state index is 0.0320. The van der Waals surface area contributed by atoms with Crippen molar-refractivity contribution in [3.63, 3.8) is 0 Å². The number of nitrogens with one attached hydrogen (secondary N) is 3. The number of aromatic nitrogens is 10. The quantitative estimate of drug-likeness (QED) is 0.0110. The average molecular weight is 1700 g/mol. The Morgan fingerprint density at radius 2 is 1.00 bits per heavy atom. The molecule has 4 aliphatic heterocycles. The van der Waals surface area contributed by atoms with Gasteiger partial charge in [0.1, 0.15) is 20.6 Å². The molecule has 9 heterocycles. The van der Waals surface area contributed by atoms with Crippen LogP contribution < -0.4 is 16.0 Å². The number of aliphatic carboxylic acids is 1. The second-order valence-corrected chi connectivity index (χ2v) is 31.1. The summed E-state index contributed by atoms with van der Waals surface area (Å²) >= 11 is 22.1. The number of esters is 4. The summed E-state index contributed by atoms with van der Waals surface area (Å²) < 4.78 is 31.0. The Morgan fingerprint density at radius 3 is 1.32 bits per heavy atom. The van der Waals surface area contributed by atoms with Gasteiger partial charge in [-0.05, 0) is 188 Å². The number of halogens is 4. The summed E-state index contributed by atoms with van der Waals surface area (Å²) in [6, 6.07) is 8.42. The van der Waals surface area contributed by atoms with E-state index in [9.17, 15) is 62.1 Å². The number of aldehydes is 1. The molecular formula is C78H103Cl4N14O18P. The predicted molar refractivity (Wildman–Crippen MR) is 437 cm³/mol. The van der Waals surface area contributed by atoms with Crippen LogP contribution in [0.15, 0.2) is 137 Å². The summed E-state index contributed by atoms with van der Waals surface area (Å²) in [7, 11) is -2.84. The van der Waals surface area contributed by atoms with Crippen molar-refractivity contribution in [3.05, 3.63) is 166 Å². The van der Waals surface area contributed by atoms with Gasteiger partial charge in [0.2, 0.25) is 24.4 Å². The summed E-state index contributed by atoms with van der Waals surface area (Å²) in [5, 5.41) is 16.7. The molecule has 0 aromatic carbocycles. The first-order chi connectivity index (χ1) is 54.0. The second-order valence-electron chi connectivity index (χ2n) is 26.3. The van der Waals surface area contributed by atoms with E-state index in [4.69, 9.17) is 70.2 Å². The number of hydrogen-bond donors (Lipinski definition) is 4. The third kappa shape index (κ3) is 47.2. The predicted octanol–water partition coefficient (Wildman–Crippen LogP) is 11.9.